The van der Waals surface area contributed by atoms with Gasteiger partial charge in [0.2, 0.25) is 11.8 Å². The predicted molar refractivity (Wildman–Crippen MR) is 123 cm³/mol. The van der Waals surface area contributed by atoms with Crippen molar-refractivity contribution < 1.29 is 23.9 Å². The average molecular weight is 448 g/mol. The summed E-state index contributed by atoms with van der Waals surface area (Å²) in [6.45, 7) is 9.63. The molecule has 0 bridgehead atoms. The van der Waals surface area contributed by atoms with Gasteiger partial charge in [0.1, 0.15) is 25.0 Å². The van der Waals surface area contributed by atoms with E-state index in [4.69, 9.17) is 4.74 Å². The quantitative estimate of drug-likeness (QED) is 0.402. The standard InChI is InChI=1S/C24H37N3O5/c1-6-19(14-28)25-22(29)20(12-16(2)3)26-23(30)21(13-17(4)5)27-24(31)32-15-18-10-8-7-9-11-18/h7-11,14,16-17,19-21H,6,12-13,15H2,1-5H3,(H,25,29)(H,26,30)(H,27,31). The number of hydrogen-bond acceptors (Lipinski definition) is 5. The fourth-order valence-corrected chi connectivity index (χ4v) is 3.10. The molecule has 0 radical (unpaired) electrons. The van der Waals surface area contributed by atoms with E-state index < -0.39 is 36.0 Å². The third-order valence-electron chi connectivity index (χ3n) is 4.80. The maximum Gasteiger partial charge on any atom is 0.408 e. The van der Waals surface area contributed by atoms with Crippen molar-refractivity contribution in [2.24, 2.45) is 11.8 Å². The van der Waals surface area contributed by atoms with Crippen molar-refractivity contribution in [1.29, 1.82) is 0 Å². The first-order chi connectivity index (χ1) is 15.2. The van der Waals surface area contributed by atoms with Gasteiger partial charge < -0.3 is 25.5 Å². The number of carbonyl (C=O) groups excluding carboxylic acids is 4. The topological polar surface area (TPSA) is 114 Å². The van der Waals surface area contributed by atoms with E-state index in [0.29, 0.717) is 25.5 Å². The molecule has 178 valence electrons. The van der Waals surface area contributed by atoms with Crippen LogP contribution in [0.3, 0.4) is 0 Å². The number of ether oxygens (including phenoxy) is 1. The highest BCUT2D eigenvalue weighted by Gasteiger charge is 2.29. The molecule has 0 aliphatic carbocycles. The smallest absolute Gasteiger partial charge is 0.408 e. The Labute approximate surface area is 190 Å². The van der Waals surface area contributed by atoms with Crippen LogP contribution in [0.2, 0.25) is 0 Å². The molecule has 32 heavy (non-hydrogen) atoms. The molecule has 1 aromatic rings. The number of nitrogens with one attached hydrogen (secondary N) is 3. The second-order valence-corrected chi connectivity index (χ2v) is 8.74. The van der Waals surface area contributed by atoms with Crippen LogP contribution in [0.15, 0.2) is 30.3 Å². The van der Waals surface area contributed by atoms with E-state index in [0.717, 1.165) is 5.56 Å². The Balaban J connectivity index is 2.81. The van der Waals surface area contributed by atoms with E-state index in [-0.39, 0.29) is 18.4 Å². The van der Waals surface area contributed by atoms with Gasteiger partial charge in [0.15, 0.2) is 0 Å². The fraction of sp³-hybridized carbons (Fsp3) is 0.583. The molecule has 3 unspecified atom stereocenters. The van der Waals surface area contributed by atoms with E-state index in [1.54, 1.807) is 6.92 Å². The molecule has 0 saturated carbocycles. The number of benzene rings is 1. The van der Waals surface area contributed by atoms with Crippen molar-refractivity contribution in [3.63, 3.8) is 0 Å². The first kappa shape index (κ1) is 27.1. The normalized spacial score (nSPS) is 13.7. The van der Waals surface area contributed by atoms with Gasteiger partial charge in [-0.25, -0.2) is 4.79 Å². The van der Waals surface area contributed by atoms with Crippen LogP contribution in [0.4, 0.5) is 4.79 Å². The average Bonchev–Trinajstić information content (AvgIpc) is 2.75. The van der Waals surface area contributed by atoms with Gasteiger partial charge in [-0.1, -0.05) is 65.0 Å². The van der Waals surface area contributed by atoms with Crippen LogP contribution in [0, 0.1) is 11.8 Å². The first-order valence-electron chi connectivity index (χ1n) is 11.2. The number of rotatable bonds is 13. The number of amides is 3. The van der Waals surface area contributed by atoms with Gasteiger partial charge in [0, 0.05) is 0 Å². The molecule has 0 heterocycles. The van der Waals surface area contributed by atoms with Gasteiger partial charge in [-0.2, -0.15) is 0 Å². The van der Waals surface area contributed by atoms with Crippen LogP contribution in [-0.2, 0) is 25.7 Å². The van der Waals surface area contributed by atoms with Gasteiger partial charge in [-0.05, 0) is 36.7 Å². The summed E-state index contributed by atoms with van der Waals surface area (Å²) in [5.74, 6) is -0.622. The molecule has 0 aliphatic heterocycles. The Morgan fingerprint density at radius 3 is 1.91 bits per heavy atom. The molecular weight excluding hydrogens is 410 g/mol. The van der Waals surface area contributed by atoms with E-state index in [1.807, 2.05) is 58.0 Å². The van der Waals surface area contributed by atoms with Crippen molar-refractivity contribution in [3.8, 4) is 0 Å². The van der Waals surface area contributed by atoms with Crippen LogP contribution in [0.1, 0.15) is 59.4 Å². The number of aldehydes is 1. The van der Waals surface area contributed by atoms with Crippen LogP contribution in [0.25, 0.3) is 0 Å². The molecule has 3 atom stereocenters. The van der Waals surface area contributed by atoms with Gasteiger partial charge in [0.25, 0.3) is 0 Å². The lowest BCUT2D eigenvalue weighted by Gasteiger charge is -2.25. The molecule has 0 fully saturated rings. The minimum atomic E-state index is -0.853. The molecule has 3 N–H and O–H groups in total. The molecule has 0 aliphatic rings. The molecule has 0 saturated heterocycles. The Hall–Kier alpha value is -2.90. The van der Waals surface area contributed by atoms with Gasteiger partial charge in [0.05, 0.1) is 6.04 Å². The summed E-state index contributed by atoms with van der Waals surface area (Å²) in [4.78, 5) is 49.0. The maximum absolute atomic E-state index is 13.0. The van der Waals surface area contributed by atoms with Crippen molar-refractivity contribution in [2.75, 3.05) is 0 Å². The maximum atomic E-state index is 13.0. The number of alkyl carbamates (subject to hydrolysis) is 1. The lowest BCUT2D eigenvalue weighted by Crippen LogP contribution is -2.55. The lowest BCUT2D eigenvalue weighted by molar-refractivity contribution is -0.131. The monoisotopic (exact) mass is 447 g/mol. The number of carbonyl (C=O) groups is 4. The van der Waals surface area contributed by atoms with Crippen LogP contribution in [0.5, 0.6) is 0 Å². The summed E-state index contributed by atoms with van der Waals surface area (Å²) < 4.78 is 5.24. The van der Waals surface area contributed by atoms with Crippen molar-refractivity contribution in [3.05, 3.63) is 35.9 Å². The van der Waals surface area contributed by atoms with Gasteiger partial charge in [-0.15, -0.1) is 0 Å². The third kappa shape index (κ3) is 10.4. The molecule has 1 rings (SSSR count). The Bertz CT molecular complexity index is 736. The summed E-state index contributed by atoms with van der Waals surface area (Å²) >= 11 is 0. The van der Waals surface area contributed by atoms with E-state index in [1.165, 1.54) is 0 Å². The van der Waals surface area contributed by atoms with Gasteiger partial charge in [-0.3, -0.25) is 9.59 Å². The second kappa shape index (κ2) is 14.2. The zero-order chi connectivity index (χ0) is 24.1. The highest BCUT2D eigenvalue weighted by molar-refractivity contribution is 5.92. The highest BCUT2D eigenvalue weighted by atomic mass is 16.5. The summed E-state index contributed by atoms with van der Waals surface area (Å²) in [6.07, 6.45) is 1.22. The highest BCUT2D eigenvalue weighted by Crippen LogP contribution is 2.10. The summed E-state index contributed by atoms with van der Waals surface area (Å²) in [5, 5.41) is 8.02. The Morgan fingerprint density at radius 1 is 0.875 bits per heavy atom. The Morgan fingerprint density at radius 2 is 1.41 bits per heavy atom. The molecule has 0 spiro atoms. The largest absolute Gasteiger partial charge is 0.445 e. The minimum Gasteiger partial charge on any atom is -0.445 e. The zero-order valence-corrected chi connectivity index (χ0v) is 19.7. The van der Waals surface area contributed by atoms with E-state index in [9.17, 15) is 19.2 Å². The summed E-state index contributed by atoms with van der Waals surface area (Å²) in [6, 6.07) is 6.97. The summed E-state index contributed by atoms with van der Waals surface area (Å²) in [7, 11) is 0. The van der Waals surface area contributed by atoms with E-state index >= 15 is 0 Å². The van der Waals surface area contributed by atoms with Crippen LogP contribution < -0.4 is 16.0 Å². The van der Waals surface area contributed by atoms with Crippen molar-refractivity contribution >= 4 is 24.2 Å². The molecule has 8 nitrogen and oxygen atoms in total. The molecule has 3 amide bonds. The number of hydrogen-bond donors (Lipinski definition) is 3. The van der Waals surface area contributed by atoms with Crippen molar-refractivity contribution in [1.82, 2.24) is 16.0 Å². The molecule has 8 heteroatoms. The molecule has 0 aromatic heterocycles. The fourth-order valence-electron chi connectivity index (χ4n) is 3.10. The predicted octanol–water partition coefficient (Wildman–Crippen LogP) is 2.95. The third-order valence-corrected chi connectivity index (χ3v) is 4.80. The van der Waals surface area contributed by atoms with Crippen LogP contribution >= 0.6 is 0 Å². The first-order valence-corrected chi connectivity index (χ1v) is 11.2. The van der Waals surface area contributed by atoms with Crippen molar-refractivity contribution in [2.45, 2.75) is 78.6 Å². The summed E-state index contributed by atoms with van der Waals surface area (Å²) in [5.41, 5.74) is 0.835. The van der Waals surface area contributed by atoms with E-state index in [2.05, 4.69) is 16.0 Å². The Kier molecular flexibility index (Phi) is 12.1. The molecule has 1 aromatic carbocycles. The lowest BCUT2D eigenvalue weighted by atomic mass is 10.00. The van der Waals surface area contributed by atoms with Crippen LogP contribution in [-0.4, -0.2) is 42.3 Å². The minimum absolute atomic E-state index is 0.0885. The molecular formula is C24H37N3O5. The van der Waals surface area contributed by atoms with Gasteiger partial charge >= 0.3 is 6.09 Å². The second-order valence-electron chi connectivity index (χ2n) is 8.74. The SMILES string of the molecule is CCC(C=O)NC(=O)C(CC(C)C)NC(=O)C(CC(C)C)NC(=O)OCc1ccccc1. The zero-order valence-electron chi connectivity index (χ0n) is 19.7.